The smallest absolute Gasteiger partial charge is 0.259 e. The van der Waals surface area contributed by atoms with Crippen LogP contribution in [-0.2, 0) is 6.54 Å². The van der Waals surface area contributed by atoms with Crippen molar-refractivity contribution in [2.45, 2.75) is 20.4 Å². The van der Waals surface area contributed by atoms with Crippen molar-refractivity contribution in [2.75, 3.05) is 0 Å². The summed E-state index contributed by atoms with van der Waals surface area (Å²) in [6, 6.07) is 1.37. The number of fused-ring (bicyclic) bond motifs is 1. The second kappa shape index (κ2) is 4.68. The van der Waals surface area contributed by atoms with Crippen LogP contribution in [-0.4, -0.2) is 19.5 Å². The molecular weight excluding hydrogens is 276 g/mol. The Morgan fingerprint density at radius 2 is 2.15 bits per heavy atom. The van der Waals surface area contributed by atoms with E-state index in [1.807, 2.05) is 13.8 Å². The topological polar surface area (TPSA) is 80.6 Å². The van der Waals surface area contributed by atoms with Crippen LogP contribution in [0.2, 0.25) is 0 Å². The van der Waals surface area contributed by atoms with Crippen molar-refractivity contribution in [2.24, 2.45) is 0 Å². The fourth-order valence-electron chi connectivity index (χ4n) is 2.03. The molecule has 0 amide bonds. The van der Waals surface area contributed by atoms with Gasteiger partial charge in [0.05, 0.1) is 18.3 Å². The highest BCUT2D eigenvalue weighted by molar-refractivity contribution is 7.18. The van der Waals surface area contributed by atoms with Crippen LogP contribution < -0.4 is 11.1 Å². The Morgan fingerprint density at radius 1 is 1.35 bits per heavy atom. The highest BCUT2D eigenvalue weighted by Gasteiger charge is 2.12. The first kappa shape index (κ1) is 12.7. The van der Waals surface area contributed by atoms with Gasteiger partial charge in [-0.15, -0.1) is 11.3 Å². The molecule has 0 aliphatic carbocycles. The van der Waals surface area contributed by atoms with Gasteiger partial charge < -0.3 is 4.98 Å². The van der Waals surface area contributed by atoms with Gasteiger partial charge in [0.25, 0.3) is 11.1 Å². The molecule has 20 heavy (non-hydrogen) atoms. The molecule has 102 valence electrons. The molecule has 0 aliphatic heterocycles. The summed E-state index contributed by atoms with van der Waals surface area (Å²) in [7, 11) is 0. The lowest BCUT2D eigenvalue weighted by molar-refractivity contribution is 0.698. The number of hydrogen-bond donors (Lipinski definition) is 1. The summed E-state index contributed by atoms with van der Waals surface area (Å²) in [5.41, 5.74) is 0.619. The molecule has 0 bridgehead atoms. The highest BCUT2D eigenvalue weighted by atomic mass is 32.1. The summed E-state index contributed by atoms with van der Waals surface area (Å²) in [4.78, 5) is 36.6. The maximum atomic E-state index is 12.1. The average Bonchev–Trinajstić information content (AvgIpc) is 2.68. The fourth-order valence-corrected chi connectivity index (χ4v) is 3.08. The Morgan fingerprint density at radius 3 is 2.90 bits per heavy atom. The predicted octanol–water partition coefficient (Wildman–Crippen LogP) is 1.21. The molecule has 3 heterocycles. The monoisotopic (exact) mass is 288 g/mol. The standard InChI is InChI=1S/C13H12N4O2S/c1-7-8(2)20-13-11(7)12(19)15-9(16-13)5-17-6-14-4-3-10(17)18/h3-4,6H,5H2,1-2H3,(H,15,16,19). The molecule has 0 radical (unpaired) electrons. The van der Waals surface area contributed by atoms with Crippen LogP contribution in [0.3, 0.4) is 0 Å². The Balaban J connectivity index is 2.12. The number of rotatable bonds is 2. The van der Waals surface area contributed by atoms with E-state index in [4.69, 9.17) is 0 Å². The number of aryl methyl sites for hydroxylation is 2. The summed E-state index contributed by atoms with van der Waals surface area (Å²) in [6.45, 7) is 4.08. The first-order valence-corrected chi connectivity index (χ1v) is 6.87. The lowest BCUT2D eigenvalue weighted by Crippen LogP contribution is -2.22. The number of nitrogens with zero attached hydrogens (tertiary/aromatic N) is 3. The van der Waals surface area contributed by atoms with Crippen molar-refractivity contribution < 1.29 is 0 Å². The molecular formula is C13H12N4O2S. The molecule has 0 aliphatic rings. The van der Waals surface area contributed by atoms with E-state index >= 15 is 0 Å². The number of aromatic nitrogens is 4. The van der Waals surface area contributed by atoms with E-state index < -0.39 is 0 Å². The van der Waals surface area contributed by atoms with Crippen LogP contribution in [0.5, 0.6) is 0 Å². The number of nitrogens with one attached hydrogen (secondary N) is 1. The number of hydrogen-bond acceptors (Lipinski definition) is 5. The molecule has 0 fully saturated rings. The van der Waals surface area contributed by atoms with Gasteiger partial charge in [-0.3, -0.25) is 14.2 Å². The molecule has 3 rings (SSSR count). The van der Waals surface area contributed by atoms with E-state index in [1.54, 1.807) is 0 Å². The van der Waals surface area contributed by atoms with Crippen LogP contribution in [0.15, 0.2) is 28.2 Å². The van der Waals surface area contributed by atoms with Crippen molar-refractivity contribution in [1.29, 1.82) is 0 Å². The van der Waals surface area contributed by atoms with Gasteiger partial charge in [-0.25, -0.2) is 9.97 Å². The van der Waals surface area contributed by atoms with Crippen molar-refractivity contribution in [3.05, 3.63) is 55.6 Å². The van der Waals surface area contributed by atoms with Crippen LogP contribution in [0.1, 0.15) is 16.3 Å². The molecule has 0 spiro atoms. The van der Waals surface area contributed by atoms with Gasteiger partial charge in [0.2, 0.25) is 0 Å². The predicted molar refractivity (Wildman–Crippen MR) is 77.3 cm³/mol. The first-order valence-electron chi connectivity index (χ1n) is 6.05. The second-order valence-electron chi connectivity index (χ2n) is 4.52. The van der Waals surface area contributed by atoms with E-state index in [-0.39, 0.29) is 17.7 Å². The van der Waals surface area contributed by atoms with Gasteiger partial charge in [0.1, 0.15) is 10.7 Å². The van der Waals surface area contributed by atoms with Gasteiger partial charge >= 0.3 is 0 Å². The maximum absolute atomic E-state index is 12.1. The minimum absolute atomic E-state index is 0.163. The third-order valence-electron chi connectivity index (χ3n) is 3.20. The zero-order valence-electron chi connectivity index (χ0n) is 11.0. The van der Waals surface area contributed by atoms with Crippen molar-refractivity contribution in [3.63, 3.8) is 0 Å². The number of thiophene rings is 1. The Kier molecular flexibility index (Phi) is 2.98. The second-order valence-corrected chi connectivity index (χ2v) is 5.73. The fraction of sp³-hybridized carbons (Fsp3) is 0.231. The molecule has 0 saturated carbocycles. The summed E-state index contributed by atoms with van der Waals surface area (Å²) < 4.78 is 1.40. The Bertz CT molecular complexity index is 907. The normalized spacial score (nSPS) is 11.1. The molecule has 3 aromatic heterocycles. The van der Waals surface area contributed by atoms with E-state index in [0.29, 0.717) is 16.0 Å². The molecule has 0 atom stereocenters. The molecule has 3 aromatic rings. The van der Waals surface area contributed by atoms with E-state index in [0.717, 1.165) is 10.4 Å². The lowest BCUT2D eigenvalue weighted by atomic mass is 10.2. The van der Waals surface area contributed by atoms with E-state index in [9.17, 15) is 9.59 Å². The number of H-pyrrole nitrogens is 1. The first-order chi connectivity index (χ1) is 9.56. The zero-order chi connectivity index (χ0) is 14.3. The van der Waals surface area contributed by atoms with E-state index in [1.165, 1.54) is 34.5 Å². The quantitative estimate of drug-likeness (QED) is 0.768. The SMILES string of the molecule is Cc1sc2nc(Cn3cnccc3=O)[nH]c(=O)c2c1C. The van der Waals surface area contributed by atoms with Gasteiger partial charge in [0.15, 0.2) is 0 Å². The van der Waals surface area contributed by atoms with Crippen LogP contribution in [0.25, 0.3) is 10.2 Å². The molecule has 6 nitrogen and oxygen atoms in total. The molecule has 0 unspecified atom stereocenters. The van der Waals surface area contributed by atoms with Gasteiger partial charge in [-0.05, 0) is 19.4 Å². The van der Waals surface area contributed by atoms with Crippen LogP contribution >= 0.6 is 11.3 Å². The van der Waals surface area contributed by atoms with Crippen LogP contribution in [0.4, 0.5) is 0 Å². The lowest BCUT2D eigenvalue weighted by Gasteiger charge is -2.03. The minimum Gasteiger partial charge on any atom is -0.308 e. The van der Waals surface area contributed by atoms with Crippen molar-refractivity contribution in [1.82, 2.24) is 19.5 Å². The van der Waals surface area contributed by atoms with E-state index in [2.05, 4.69) is 15.0 Å². The maximum Gasteiger partial charge on any atom is 0.259 e. The van der Waals surface area contributed by atoms with Crippen LogP contribution in [0, 0.1) is 13.8 Å². The van der Waals surface area contributed by atoms with Crippen molar-refractivity contribution in [3.8, 4) is 0 Å². The summed E-state index contributed by atoms with van der Waals surface area (Å²) in [6.07, 6.45) is 2.86. The highest BCUT2D eigenvalue weighted by Crippen LogP contribution is 2.25. The number of aromatic amines is 1. The molecule has 0 saturated heterocycles. The Labute approximate surface area is 117 Å². The van der Waals surface area contributed by atoms with Crippen molar-refractivity contribution >= 4 is 21.6 Å². The third kappa shape index (κ3) is 2.05. The summed E-state index contributed by atoms with van der Waals surface area (Å²) in [5.74, 6) is 0.457. The Hall–Kier alpha value is -2.28. The minimum atomic E-state index is -0.179. The summed E-state index contributed by atoms with van der Waals surface area (Å²) >= 11 is 1.49. The largest absolute Gasteiger partial charge is 0.308 e. The zero-order valence-corrected chi connectivity index (χ0v) is 11.8. The average molecular weight is 288 g/mol. The van der Waals surface area contributed by atoms with Gasteiger partial charge in [-0.1, -0.05) is 0 Å². The third-order valence-corrected chi connectivity index (χ3v) is 4.30. The van der Waals surface area contributed by atoms with Gasteiger partial charge in [-0.2, -0.15) is 0 Å². The van der Waals surface area contributed by atoms with Gasteiger partial charge in [0, 0.05) is 17.1 Å². The molecule has 0 aromatic carbocycles. The molecule has 1 N–H and O–H groups in total. The summed E-state index contributed by atoms with van der Waals surface area (Å²) in [5, 5.41) is 0.634. The molecule has 7 heteroatoms.